The van der Waals surface area contributed by atoms with Gasteiger partial charge in [-0.1, -0.05) is 0 Å². The minimum Gasteiger partial charge on any atom is -0.493 e. The lowest BCUT2D eigenvalue weighted by atomic mass is 9.99. The van der Waals surface area contributed by atoms with E-state index in [4.69, 9.17) is 4.74 Å². The van der Waals surface area contributed by atoms with Gasteiger partial charge in [0.25, 0.3) is 0 Å². The Morgan fingerprint density at radius 2 is 2.19 bits per heavy atom. The molecule has 0 aliphatic carbocycles. The molecule has 112 valence electrons. The number of aromatic nitrogens is 1. The average molecular weight is 306 g/mol. The van der Waals surface area contributed by atoms with Gasteiger partial charge in [0.05, 0.1) is 12.3 Å². The van der Waals surface area contributed by atoms with Crippen LogP contribution in [-0.4, -0.2) is 24.7 Å². The second-order valence-corrected chi connectivity index (χ2v) is 6.33. The summed E-state index contributed by atoms with van der Waals surface area (Å²) in [6.07, 6.45) is 2.33. The highest BCUT2D eigenvalue weighted by atomic mass is 32.1. The highest BCUT2D eigenvalue weighted by Crippen LogP contribution is 2.26. The molecule has 0 radical (unpaired) electrons. The summed E-state index contributed by atoms with van der Waals surface area (Å²) in [7, 11) is 0. The van der Waals surface area contributed by atoms with Crippen LogP contribution in [0.5, 0.6) is 5.75 Å². The molecule has 0 saturated carbocycles. The number of hydrogen-bond donors (Lipinski definition) is 0. The van der Waals surface area contributed by atoms with Crippen molar-refractivity contribution >= 4 is 16.5 Å². The summed E-state index contributed by atoms with van der Waals surface area (Å²) in [5.74, 6) is 0.997. The molecule has 1 aromatic carbocycles. The minimum absolute atomic E-state index is 0.231. The van der Waals surface area contributed by atoms with Crippen LogP contribution in [0.15, 0.2) is 29.6 Å². The molecule has 3 rings (SSSR count). The molecule has 0 spiro atoms. The van der Waals surface area contributed by atoms with Crippen molar-refractivity contribution in [2.24, 2.45) is 5.92 Å². The molecule has 5 heteroatoms. The van der Waals surface area contributed by atoms with Gasteiger partial charge in [-0.15, -0.1) is 11.3 Å². The molecular formula is C16H19FN2OS. The molecule has 1 aromatic heterocycles. The van der Waals surface area contributed by atoms with E-state index in [1.54, 1.807) is 23.5 Å². The molecule has 0 N–H and O–H groups in total. The van der Waals surface area contributed by atoms with Gasteiger partial charge in [0.15, 0.2) is 5.13 Å². The van der Waals surface area contributed by atoms with Crippen molar-refractivity contribution in [2.45, 2.75) is 19.8 Å². The van der Waals surface area contributed by atoms with Gasteiger partial charge in [-0.25, -0.2) is 9.37 Å². The number of anilines is 1. The molecule has 1 fully saturated rings. The Hall–Kier alpha value is -1.62. The van der Waals surface area contributed by atoms with Crippen molar-refractivity contribution in [3.8, 4) is 5.75 Å². The van der Waals surface area contributed by atoms with Crippen molar-refractivity contribution in [1.29, 1.82) is 0 Å². The molecule has 1 unspecified atom stereocenters. The van der Waals surface area contributed by atoms with Crippen LogP contribution < -0.4 is 9.64 Å². The van der Waals surface area contributed by atoms with Gasteiger partial charge in [-0.3, -0.25) is 0 Å². The first-order chi connectivity index (χ1) is 10.2. The number of ether oxygens (including phenoxy) is 1. The van der Waals surface area contributed by atoms with E-state index >= 15 is 0 Å². The Bertz CT molecular complexity index is 584. The van der Waals surface area contributed by atoms with Gasteiger partial charge >= 0.3 is 0 Å². The summed E-state index contributed by atoms with van der Waals surface area (Å²) < 4.78 is 18.6. The third-order valence-electron chi connectivity index (χ3n) is 3.70. The van der Waals surface area contributed by atoms with Crippen molar-refractivity contribution < 1.29 is 9.13 Å². The number of benzene rings is 1. The van der Waals surface area contributed by atoms with Crippen LogP contribution in [0.1, 0.15) is 18.5 Å². The first-order valence-corrected chi connectivity index (χ1v) is 8.14. The molecule has 1 aliphatic rings. The number of hydrogen-bond acceptors (Lipinski definition) is 4. The second-order valence-electron chi connectivity index (χ2n) is 5.49. The van der Waals surface area contributed by atoms with Crippen molar-refractivity contribution in [2.75, 3.05) is 24.6 Å². The second kappa shape index (κ2) is 6.43. The zero-order valence-corrected chi connectivity index (χ0v) is 12.9. The van der Waals surface area contributed by atoms with Crippen molar-refractivity contribution in [1.82, 2.24) is 4.98 Å². The SMILES string of the molecule is Cc1csc(N2CCCC(COc3ccc(F)cc3)C2)n1. The molecule has 2 aromatic rings. The lowest BCUT2D eigenvalue weighted by Crippen LogP contribution is -2.37. The smallest absolute Gasteiger partial charge is 0.185 e. The van der Waals surface area contributed by atoms with E-state index in [2.05, 4.69) is 15.3 Å². The summed E-state index contributed by atoms with van der Waals surface area (Å²) in [6, 6.07) is 6.22. The minimum atomic E-state index is -0.231. The predicted molar refractivity (Wildman–Crippen MR) is 83.7 cm³/mol. The van der Waals surface area contributed by atoms with Crippen LogP contribution in [0.4, 0.5) is 9.52 Å². The van der Waals surface area contributed by atoms with Gasteiger partial charge in [0.2, 0.25) is 0 Å². The first-order valence-electron chi connectivity index (χ1n) is 7.26. The fraction of sp³-hybridized carbons (Fsp3) is 0.438. The summed E-state index contributed by atoms with van der Waals surface area (Å²) in [5.41, 5.74) is 1.08. The zero-order chi connectivity index (χ0) is 14.7. The highest BCUT2D eigenvalue weighted by Gasteiger charge is 2.22. The Morgan fingerprint density at radius 3 is 2.90 bits per heavy atom. The van der Waals surface area contributed by atoms with Crippen LogP contribution in [0.25, 0.3) is 0 Å². The van der Waals surface area contributed by atoms with E-state index in [0.717, 1.165) is 36.1 Å². The quantitative estimate of drug-likeness (QED) is 0.857. The van der Waals surface area contributed by atoms with Crippen LogP contribution in [0, 0.1) is 18.7 Å². The normalized spacial score (nSPS) is 18.8. The lowest BCUT2D eigenvalue weighted by molar-refractivity contribution is 0.228. The molecule has 1 saturated heterocycles. The first kappa shape index (κ1) is 14.3. The van der Waals surface area contributed by atoms with Gasteiger partial charge in [0, 0.05) is 24.4 Å². The summed E-state index contributed by atoms with van der Waals surface area (Å²) in [6.45, 7) is 4.75. The van der Waals surface area contributed by atoms with Gasteiger partial charge < -0.3 is 9.64 Å². The van der Waals surface area contributed by atoms with E-state index in [1.807, 2.05) is 6.92 Å². The molecule has 0 amide bonds. The van der Waals surface area contributed by atoms with Crippen LogP contribution in [0.3, 0.4) is 0 Å². The predicted octanol–water partition coefficient (Wildman–Crippen LogP) is 3.89. The van der Waals surface area contributed by atoms with E-state index in [1.165, 1.54) is 18.6 Å². The molecule has 2 heterocycles. The van der Waals surface area contributed by atoms with Gasteiger partial charge in [0.1, 0.15) is 11.6 Å². The molecule has 1 atom stereocenters. The summed E-state index contributed by atoms with van der Waals surface area (Å²) >= 11 is 1.71. The Morgan fingerprint density at radius 1 is 1.38 bits per heavy atom. The molecule has 1 aliphatic heterocycles. The Labute approximate surface area is 128 Å². The highest BCUT2D eigenvalue weighted by molar-refractivity contribution is 7.13. The van der Waals surface area contributed by atoms with E-state index in [-0.39, 0.29) is 5.82 Å². The topological polar surface area (TPSA) is 25.4 Å². The maximum Gasteiger partial charge on any atom is 0.185 e. The zero-order valence-electron chi connectivity index (χ0n) is 12.1. The monoisotopic (exact) mass is 306 g/mol. The standard InChI is InChI=1S/C16H19FN2OS/c1-12-11-21-16(18-12)19-8-2-3-13(9-19)10-20-15-6-4-14(17)5-7-15/h4-7,11,13H,2-3,8-10H2,1H3. The van der Waals surface area contributed by atoms with Gasteiger partial charge in [-0.05, 0) is 44.0 Å². The third kappa shape index (κ3) is 3.73. The van der Waals surface area contributed by atoms with E-state index in [0.29, 0.717) is 12.5 Å². The van der Waals surface area contributed by atoms with Crippen molar-refractivity contribution in [3.05, 3.63) is 41.2 Å². The molecular weight excluding hydrogens is 287 g/mol. The fourth-order valence-electron chi connectivity index (χ4n) is 2.61. The Kier molecular flexibility index (Phi) is 4.39. The fourth-order valence-corrected chi connectivity index (χ4v) is 3.45. The van der Waals surface area contributed by atoms with Crippen LogP contribution >= 0.6 is 11.3 Å². The number of piperidine rings is 1. The number of thiazole rings is 1. The summed E-state index contributed by atoms with van der Waals surface area (Å²) in [4.78, 5) is 6.91. The maximum atomic E-state index is 12.9. The van der Waals surface area contributed by atoms with E-state index < -0.39 is 0 Å². The average Bonchev–Trinajstić information content (AvgIpc) is 2.94. The lowest BCUT2D eigenvalue weighted by Gasteiger charge is -2.32. The molecule has 3 nitrogen and oxygen atoms in total. The maximum absolute atomic E-state index is 12.9. The Balaban J connectivity index is 1.55. The number of rotatable bonds is 4. The van der Waals surface area contributed by atoms with Crippen LogP contribution in [0.2, 0.25) is 0 Å². The van der Waals surface area contributed by atoms with Crippen molar-refractivity contribution in [3.63, 3.8) is 0 Å². The summed E-state index contributed by atoms with van der Waals surface area (Å²) in [5, 5.41) is 3.20. The number of nitrogens with zero attached hydrogens (tertiary/aromatic N) is 2. The largest absolute Gasteiger partial charge is 0.493 e. The molecule has 0 bridgehead atoms. The van der Waals surface area contributed by atoms with Crippen LogP contribution in [-0.2, 0) is 0 Å². The van der Waals surface area contributed by atoms with E-state index in [9.17, 15) is 4.39 Å². The number of halogens is 1. The van der Waals surface area contributed by atoms with Gasteiger partial charge in [-0.2, -0.15) is 0 Å². The third-order valence-corrected chi connectivity index (χ3v) is 4.72. The number of aryl methyl sites for hydroxylation is 1. The molecule has 21 heavy (non-hydrogen) atoms.